The lowest BCUT2D eigenvalue weighted by molar-refractivity contribution is -0.120. The van der Waals surface area contributed by atoms with E-state index >= 15 is 0 Å². The van der Waals surface area contributed by atoms with Crippen LogP contribution in [0, 0.1) is 5.82 Å². The minimum atomic E-state index is -0.301. The number of H-pyrrole nitrogens is 1. The fourth-order valence-electron chi connectivity index (χ4n) is 2.02. The van der Waals surface area contributed by atoms with E-state index in [0.29, 0.717) is 18.2 Å². The molecule has 1 amide bonds. The number of hydrogen-bond acceptors (Lipinski definition) is 4. The van der Waals surface area contributed by atoms with Gasteiger partial charge in [0.25, 0.3) is 0 Å². The standard InChI is InChI=1S/C16H14FN5O/c17-13-5-3-11(4-6-13)9-19-15(23)8-14-20-16(22-21-14)12-2-1-7-18-10-12/h1-7,10H,8-9H2,(H,19,23)(H,20,21,22). The smallest absolute Gasteiger partial charge is 0.227 e. The van der Waals surface area contributed by atoms with Crippen molar-refractivity contribution in [2.75, 3.05) is 0 Å². The number of benzene rings is 1. The van der Waals surface area contributed by atoms with Gasteiger partial charge >= 0.3 is 0 Å². The first kappa shape index (κ1) is 14.8. The molecular formula is C16H14FN5O. The van der Waals surface area contributed by atoms with Crippen LogP contribution in [0.5, 0.6) is 0 Å². The van der Waals surface area contributed by atoms with Gasteiger partial charge in [-0.15, -0.1) is 0 Å². The van der Waals surface area contributed by atoms with Gasteiger partial charge in [-0.25, -0.2) is 9.37 Å². The number of nitrogens with one attached hydrogen (secondary N) is 2. The van der Waals surface area contributed by atoms with Crippen LogP contribution in [-0.2, 0) is 17.8 Å². The van der Waals surface area contributed by atoms with Crippen LogP contribution in [0.1, 0.15) is 11.4 Å². The fraction of sp³-hybridized carbons (Fsp3) is 0.125. The maximum Gasteiger partial charge on any atom is 0.227 e. The summed E-state index contributed by atoms with van der Waals surface area (Å²) in [6.07, 6.45) is 3.41. The van der Waals surface area contributed by atoms with Crippen molar-refractivity contribution in [2.24, 2.45) is 0 Å². The van der Waals surface area contributed by atoms with E-state index in [9.17, 15) is 9.18 Å². The zero-order chi connectivity index (χ0) is 16.1. The molecule has 0 radical (unpaired) electrons. The van der Waals surface area contributed by atoms with Gasteiger partial charge in [-0.05, 0) is 29.8 Å². The summed E-state index contributed by atoms with van der Waals surface area (Å²) in [5.74, 6) is 0.479. The molecule has 0 unspecified atom stereocenters. The van der Waals surface area contributed by atoms with Crippen LogP contribution >= 0.6 is 0 Å². The molecule has 0 spiro atoms. The molecule has 23 heavy (non-hydrogen) atoms. The van der Waals surface area contributed by atoms with Crippen LogP contribution in [0.3, 0.4) is 0 Å². The minimum Gasteiger partial charge on any atom is -0.352 e. The number of aromatic amines is 1. The van der Waals surface area contributed by atoms with E-state index in [1.807, 2.05) is 6.07 Å². The first-order chi connectivity index (χ1) is 11.2. The van der Waals surface area contributed by atoms with E-state index in [-0.39, 0.29) is 18.1 Å². The number of hydrogen-bond donors (Lipinski definition) is 2. The first-order valence-electron chi connectivity index (χ1n) is 7.03. The number of rotatable bonds is 5. The number of carbonyl (C=O) groups is 1. The second-order valence-corrected chi connectivity index (χ2v) is 4.93. The molecule has 2 heterocycles. The Balaban J connectivity index is 1.56. The number of amides is 1. The second-order valence-electron chi connectivity index (χ2n) is 4.93. The van der Waals surface area contributed by atoms with Crippen LogP contribution in [0.25, 0.3) is 11.4 Å². The van der Waals surface area contributed by atoms with Gasteiger partial charge in [0.1, 0.15) is 11.6 Å². The Kier molecular flexibility index (Phi) is 4.37. The summed E-state index contributed by atoms with van der Waals surface area (Å²) in [5, 5.41) is 9.57. The highest BCUT2D eigenvalue weighted by Crippen LogP contribution is 2.12. The highest BCUT2D eigenvalue weighted by molar-refractivity contribution is 5.77. The van der Waals surface area contributed by atoms with E-state index in [1.54, 1.807) is 30.6 Å². The predicted octanol–water partition coefficient (Wildman–Crippen LogP) is 1.86. The minimum absolute atomic E-state index is 0.0917. The maximum absolute atomic E-state index is 12.8. The summed E-state index contributed by atoms with van der Waals surface area (Å²) in [7, 11) is 0. The third-order valence-corrected chi connectivity index (χ3v) is 3.18. The average Bonchev–Trinajstić information content (AvgIpc) is 3.04. The number of halogens is 1. The molecule has 0 aliphatic rings. The monoisotopic (exact) mass is 311 g/mol. The second kappa shape index (κ2) is 6.78. The molecule has 7 heteroatoms. The molecule has 0 saturated heterocycles. The van der Waals surface area contributed by atoms with Crippen LogP contribution in [0.15, 0.2) is 48.8 Å². The van der Waals surface area contributed by atoms with Crippen molar-refractivity contribution in [3.05, 3.63) is 66.0 Å². The van der Waals surface area contributed by atoms with Crippen LogP contribution in [0.4, 0.5) is 4.39 Å². The fourth-order valence-corrected chi connectivity index (χ4v) is 2.02. The number of nitrogens with zero attached hydrogens (tertiary/aromatic N) is 3. The van der Waals surface area contributed by atoms with Gasteiger partial charge in [-0.1, -0.05) is 12.1 Å². The molecule has 0 fully saturated rings. The summed E-state index contributed by atoms with van der Waals surface area (Å²) in [4.78, 5) is 20.2. The van der Waals surface area contributed by atoms with Gasteiger partial charge in [0.2, 0.25) is 5.91 Å². The highest BCUT2D eigenvalue weighted by atomic mass is 19.1. The van der Waals surface area contributed by atoms with Gasteiger partial charge in [0.15, 0.2) is 5.82 Å². The Morgan fingerprint density at radius 3 is 2.78 bits per heavy atom. The summed E-state index contributed by atoms with van der Waals surface area (Å²) < 4.78 is 12.8. The maximum atomic E-state index is 12.8. The van der Waals surface area contributed by atoms with Crippen molar-refractivity contribution in [2.45, 2.75) is 13.0 Å². The SMILES string of the molecule is O=C(Cc1nc(-c2cccnc2)n[nH]1)NCc1ccc(F)cc1. The van der Waals surface area contributed by atoms with Crippen LogP contribution < -0.4 is 5.32 Å². The van der Waals surface area contributed by atoms with E-state index in [2.05, 4.69) is 25.5 Å². The lowest BCUT2D eigenvalue weighted by atomic mass is 10.2. The normalized spacial score (nSPS) is 10.5. The Hall–Kier alpha value is -3.09. The van der Waals surface area contributed by atoms with Crippen molar-refractivity contribution in [3.8, 4) is 11.4 Å². The lowest BCUT2D eigenvalue weighted by Gasteiger charge is -2.03. The van der Waals surface area contributed by atoms with E-state index in [4.69, 9.17) is 0 Å². The van der Waals surface area contributed by atoms with Gasteiger partial charge in [-0.3, -0.25) is 14.9 Å². The third kappa shape index (κ3) is 3.97. The average molecular weight is 311 g/mol. The van der Waals surface area contributed by atoms with Crippen molar-refractivity contribution >= 4 is 5.91 Å². The molecule has 6 nitrogen and oxygen atoms in total. The quantitative estimate of drug-likeness (QED) is 0.753. The van der Waals surface area contributed by atoms with Crippen LogP contribution in [-0.4, -0.2) is 26.1 Å². The molecule has 3 rings (SSSR count). The van der Waals surface area contributed by atoms with E-state index in [0.717, 1.165) is 11.1 Å². The van der Waals surface area contributed by atoms with Crippen molar-refractivity contribution in [1.82, 2.24) is 25.5 Å². The molecular weight excluding hydrogens is 297 g/mol. The van der Waals surface area contributed by atoms with Gasteiger partial charge in [0.05, 0.1) is 6.42 Å². The Morgan fingerprint density at radius 1 is 1.22 bits per heavy atom. The first-order valence-corrected chi connectivity index (χ1v) is 7.03. The molecule has 2 aromatic heterocycles. The van der Waals surface area contributed by atoms with Gasteiger partial charge in [-0.2, -0.15) is 5.10 Å². The molecule has 0 atom stereocenters. The third-order valence-electron chi connectivity index (χ3n) is 3.18. The summed E-state index contributed by atoms with van der Waals surface area (Å²) in [5.41, 5.74) is 1.61. The number of carbonyl (C=O) groups excluding carboxylic acids is 1. The predicted molar refractivity (Wildman–Crippen MR) is 81.6 cm³/mol. The molecule has 3 aromatic rings. The zero-order valence-corrected chi connectivity index (χ0v) is 12.2. The van der Waals surface area contributed by atoms with E-state index in [1.165, 1.54) is 12.1 Å². The Morgan fingerprint density at radius 2 is 2.04 bits per heavy atom. The van der Waals surface area contributed by atoms with Gasteiger partial charge < -0.3 is 5.32 Å². The largest absolute Gasteiger partial charge is 0.352 e. The Bertz CT molecular complexity index is 786. The molecule has 116 valence electrons. The molecule has 0 aliphatic carbocycles. The summed E-state index contributed by atoms with van der Waals surface area (Å²) in [6, 6.07) is 9.61. The van der Waals surface area contributed by atoms with E-state index < -0.39 is 0 Å². The van der Waals surface area contributed by atoms with Crippen molar-refractivity contribution < 1.29 is 9.18 Å². The highest BCUT2D eigenvalue weighted by Gasteiger charge is 2.10. The lowest BCUT2D eigenvalue weighted by Crippen LogP contribution is -2.25. The molecule has 0 aliphatic heterocycles. The van der Waals surface area contributed by atoms with Gasteiger partial charge in [0, 0.05) is 24.5 Å². The molecule has 0 bridgehead atoms. The van der Waals surface area contributed by atoms with Crippen molar-refractivity contribution in [3.63, 3.8) is 0 Å². The molecule has 0 saturated carbocycles. The topological polar surface area (TPSA) is 83.6 Å². The molecule has 1 aromatic carbocycles. The van der Waals surface area contributed by atoms with Crippen LogP contribution in [0.2, 0.25) is 0 Å². The number of pyridine rings is 1. The molecule has 2 N–H and O–H groups in total. The van der Waals surface area contributed by atoms with Crippen molar-refractivity contribution in [1.29, 1.82) is 0 Å². The number of aromatic nitrogens is 4. The summed E-state index contributed by atoms with van der Waals surface area (Å²) >= 11 is 0. The Labute approximate surface area is 131 Å². The summed E-state index contributed by atoms with van der Waals surface area (Å²) in [6.45, 7) is 0.336. The zero-order valence-electron chi connectivity index (χ0n) is 12.2.